The molecule has 8 nitrogen and oxygen atoms in total. The zero-order valence-corrected chi connectivity index (χ0v) is 6.58. The summed E-state index contributed by atoms with van der Waals surface area (Å²) in [5, 5.41) is 0. The summed E-state index contributed by atoms with van der Waals surface area (Å²) in [6, 6.07) is 0. The van der Waals surface area contributed by atoms with E-state index in [4.69, 9.17) is 38.4 Å². The summed E-state index contributed by atoms with van der Waals surface area (Å²) in [6.45, 7) is 0. The molecule has 0 aromatic rings. The molecule has 0 fully saturated rings. The van der Waals surface area contributed by atoms with Gasteiger partial charge in [-0.2, -0.15) is 0 Å². The summed E-state index contributed by atoms with van der Waals surface area (Å²) in [7, 11) is -9.22. The molecule has 0 rings (SSSR count). The Morgan fingerprint density at radius 1 is 0.462 bits per heavy atom. The molecule has 0 aliphatic heterocycles. The summed E-state index contributed by atoms with van der Waals surface area (Å²) in [5.74, 6) is 0. The van der Waals surface area contributed by atoms with Crippen molar-refractivity contribution in [3.63, 3.8) is 0 Å². The van der Waals surface area contributed by atoms with Crippen molar-refractivity contribution >= 4 is 117 Å². The predicted molar refractivity (Wildman–Crippen MR) is 54.9 cm³/mol. The minimum Gasteiger partial charge on any atom is 0.316 e. The molecule has 76 valence electrons. The normalized spacial score (nSPS) is 9.23. The van der Waals surface area contributed by atoms with Crippen molar-refractivity contribution < 1.29 is 38.4 Å². The summed E-state index contributed by atoms with van der Waals surface area (Å²) in [6.07, 6.45) is 0. The Hall–Kier alpha value is 3.40. The minimum absolute atomic E-state index is 0. The van der Waals surface area contributed by atoms with Crippen LogP contribution in [0.15, 0.2) is 0 Å². The van der Waals surface area contributed by atoms with Crippen molar-refractivity contribution in [2.45, 2.75) is 0 Å². The Kier molecular flexibility index (Phi) is 31.0. The molecule has 13 heteroatoms. The molecule has 0 saturated heterocycles. The fourth-order valence-electron chi connectivity index (χ4n) is 0. The van der Waals surface area contributed by atoms with E-state index in [0.717, 1.165) is 0 Å². The first-order chi connectivity index (χ1) is 4.00. The van der Waals surface area contributed by atoms with Crippen LogP contribution in [0.1, 0.15) is 0 Å². The van der Waals surface area contributed by atoms with Crippen LogP contribution in [0, 0.1) is 0 Å². The van der Waals surface area contributed by atoms with Gasteiger partial charge in [0.2, 0.25) is 0 Å². The van der Waals surface area contributed by atoms with Crippen LogP contribution < -0.4 is 0 Å². The van der Waals surface area contributed by atoms with Crippen molar-refractivity contribution in [3.8, 4) is 0 Å². The Balaban J connectivity index is -0.0000000267. The summed E-state index contributed by atoms with van der Waals surface area (Å²) in [5.41, 5.74) is 0. The van der Waals surface area contributed by atoms with Gasteiger partial charge < -0.3 is 38.4 Å². The van der Waals surface area contributed by atoms with Crippen LogP contribution in [-0.4, -0.2) is 155 Å². The third-order valence-electron chi connectivity index (χ3n) is 0. The molecule has 0 aromatic carbocycles. The van der Waals surface area contributed by atoms with Gasteiger partial charge in [-0.15, -0.1) is 0 Å². The molecule has 13 heavy (non-hydrogen) atoms. The van der Waals surface area contributed by atoms with Gasteiger partial charge in [-0.25, -0.2) is 0 Å². The second-order valence-electron chi connectivity index (χ2n) is 1.20. The summed E-state index contributed by atoms with van der Waals surface area (Å²) < 4.78 is 0. The maximum Gasteiger partial charge on any atom is 0.316 e. The third-order valence-corrected chi connectivity index (χ3v) is 0. The summed E-state index contributed by atoms with van der Waals surface area (Å²) in [4.78, 5) is 58.6. The van der Waals surface area contributed by atoms with E-state index in [1.807, 2.05) is 0 Å². The van der Waals surface area contributed by atoms with Crippen molar-refractivity contribution in [2.75, 3.05) is 0 Å². The molecule has 0 radical (unpaired) electrons. The van der Waals surface area contributed by atoms with Crippen LogP contribution in [0.4, 0.5) is 0 Å². The molecule has 0 atom stereocenters. The Morgan fingerprint density at radius 2 is 0.462 bits per heavy atom. The molecule has 0 unspecified atom stereocenters. The van der Waals surface area contributed by atoms with E-state index in [9.17, 15) is 0 Å². The van der Waals surface area contributed by atoms with Crippen LogP contribution in [0.25, 0.3) is 0 Å². The zero-order chi connectivity index (χ0) is 9.00. The number of rotatable bonds is 0. The Morgan fingerprint density at radius 3 is 0.462 bits per heavy atom. The van der Waals surface area contributed by atoms with E-state index in [-0.39, 0.29) is 98.5 Å². The molecule has 0 amide bonds. The first kappa shape index (κ1) is 29.9. The molecular weight excluding hydrogens is 289 g/mol. The topological polar surface area (TPSA) is 162 Å². The second-order valence-corrected chi connectivity index (χ2v) is 3.60. The van der Waals surface area contributed by atoms with Gasteiger partial charge in [-0.05, 0) is 0 Å². The van der Waals surface area contributed by atoms with Gasteiger partial charge in [-0.3, -0.25) is 0 Å². The van der Waals surface area contributed by atoms with Gasteiger partial charge in [0.15, 0.2) is 0 Å². The molecule has 0 saturated carbocycles. The van der Waals surface area contributed by atoms with Gasteiger partial charge in [0.05, 0.1) is 0 Å². The van der Waals surface area contributed by atoms with Crippen molar-refractivity contribution in [1.82, 2.24) is 0 Å². The molecule has 0 spiro atoms. The fraction of sp³-hybridized carbons (Fsp3) is 0. The van der Waals surface area contributed by atoms with Crippen LogP contribution in [0.5, 0.6) is 0 Å². The van der Waals surface area contributed by atoms with Crippen LogP contribution >= 0.6 is 0 Å². The number of hydrogen-bond acceptors (Lipinski definition) is 8. The van der Waals surface area contributed by atoms with Crippen molar-refractivity contribution in [1.29, 1.82) is 0 Å². The zero-order valence-electron chi connectivity index (χ0n) is 4.58. The first-order valence-electron chi connectivity index (χ1n) is 1.79. The Bertz CT molecular complexity index is 63.1. The molecule has 0 aliphatic carbocycles. The summed E-state index contributed by atoms with van der Waals surface area (Å²) >= 11 is 0. The van der Waals surface area contributed by atoms with Crippen LogP contribution in [0.2, 0.25) is 0 Å². The standard InChI is InChI=1S/2Ca.Mg.2H4O4Si.6H/c;;;2*1-5(2,3)4;;;;;;/h;;;2*1-4H;;;;;;. The van der Waals surface area contributed by atoms with Crippen LogP contribution in [-0.2, 0) is 0 Å². The molecule has 0 heterocycles. The average Bonchev–Trinajstić information content (AvgIpc) is 1.12. The van der Waals surface area contributed by atoms with Gasteiger partial charge in [0, 0.05) is 0 Å². The SMILES string of the molecule is O[Si](O)(O)O.O[Si](O)(O)O.[CaH2].[CaH2].[MgH2]. The monoisotopic (exact) mass is 302 g/mol. The molecule has 0 bridgehead atoms. The van der Waals surface area contributed by atoms with E-state index in [0.29, 0.717) is 0 Å². The predicted octanol–water partition coefficient (Wildman–Crippen LogP) is -7.97. The van der Waals surface area contributed by atoms with E-state index in [2.05, 4.69) is 0 Å². The van der Waals surface area contributed by atoms with E-state index in [1.165, 1.54) is 0 Å². The maximum absolute atomic E-state index is 7.33. The van der Waals surface area contributed by atoms with Gasteiger partial charge >= 0.3 is 117 Å². The van der Waals surface area contributed by atoms with Gasteiger partial charge in [-0.1, -0.05) is 0 Å². The minimum atomic E-state index is -4.61. The van der Waals surface area contributed by atoms with Gasteiger partial charge in [0.1, 0.15) is 0 Å². The van der Waals surface area contributed by atoms with E-state index >= 15 is 0 Å². The van der Waals surface area contributed by atoms with E-state index in [1.54, 1.807) is 0 Å². The molecule has 0 aliphatic rings. The fourth-order valence-corrected chi connectivity index (χ4v) is 0. The molecular formula is H14Ca2MgO8Si2. The largest absolute Gasteiger partial charge is 0.316 e. The maximum atomic E-state index is 7.33. The smallest absolute Gasteiger partial charge is 0.316 e. The Labute approximate surface area is 152 Å². The molecule has 0 aromatic heterocycles. The first-order valence-corrected chi connectivity index (χ1v) is 5.37. The number of hydrogen-bond donors (Lipinski definition) is 8. The van der Waals surface area contributed by atoms with E-state index < -0.39 is 18.1 Å². The van der Waals surface area contributed by atoms with Gasteiger partial charge in [0.25, 0.3) is 0 Å². The average molecular weight is 303 g/mol. The molecule has 8 N–H and O–H groups in total. The third kappa shape index (κ3) is 239. The quantitative estimate of drug-likeness (QED) is 0.205. The van der Waals surface area contributed by atoms with Crippen molar-refractivity contribution in [3.05, 3.63) is 0 Å². The van der Waals surface area contributed by atoms with Crippen LogP contribution in [0.3, 0.4) is 0 Å². The van der Waals surface area contributed by atoms with Crippen molar-refractivity contribution in [2.24, 2.45) is 0 Å². The second kappa shape index (κ2) is 13.5.